The van der Waals surface area contributed by atoms with Crippen molar-refractivity contribution in [2.24, 2.45) is 5.41 Å². The Kier molecular flexibility index (Phi) is 3.49. The van der Waals surface area contributed by atoms with Crippen molar-refractivity contribution in [3.05, 3.63) is 32.2 Å². The Morgan fingerprint density at radius 1 is 1.25 bits per heavy atom. The number of benzene rings is 1. The number of fused-ring (bicyclic) bond motifs is 1. The van der Waals surface area contributed by atoms with Crippen molar-refractivity contribution < 1.29 is 5.11 Å². The zero-order valence-electron chi connectivity index (χ0n) is 9.56. The standard InChI is InChI=1S/C13H16Br2O/c1-13(2)6-5-8-9(14)3-4-10(15)12(8)11(16)7-13/h3-4,11,16H,5-7H2,1-2H3. The third kappa shape index (κ3) is 2.36. The molecule has 0 saturated heterocycles. The van der Waals surface area contributed by atoms with Gasteiger partial charge in [0, 0.05) is 8.95 Å². The second-order valence-corrected chi connectivity index (χ2v) is 7.01. The summed E-state index contributed by atoms with van der Waals surface area (Å²) in [5.41, 5.74) is 2.53. The predicted molar refractivity (Wildman–Crippen MR) is 73.5 cm³/mol. The van der Waals surface area contributed by atoms with Gasteiger partial charge >= 0.3 is 0 Å². The van der Waals surface area contributed by atoms with E-state index in [1.807, 2.05) is 12.1 Å². The highest BCUT2D eigenvalue weighted by atomic mass is 79.9. The first-order valence-corrected chi connectivity index (χ1v) is 7.14. The molecule has 0 saturated carbocycles. The molecule has 1 atom stereocenters. The molecule has 1 aromatic carbocycles. The lowest BCUT2D eigenvalue weighted by Crippen LogP contribution is -2.13. The van der Waals surface area contributed by atoms with Crippen molar-refractivity contribution in [2.75, 3.05) is 0 Å². The fourth-order valence-corrected chi connectivity index (χ4v) is 3.59. The monoisotopic (exact) mass is 346 g/mol. The van der Waals surface area contributed by atoms with Crippen LogP contribution in [0.4, 0.5) is 0 Å². The molecule has 2 rings (SSSR count). The number of aliphatic hydroxyl groups excluding tert-OH is 1. The van der Waals surface area contributed by atoms with E-state index in [9.17, 15) is 5.11 Å². The molecular formula is C13H16Br2O. The minimum atomic E-state index is -0.362. The molecule has 1 unspecified atom stereocenters. The summed E-state index contributed by atoms with van der Waals surface area (Å²) in [7, 11) is 0. The van der Waals surface area contributed by atoms with Crippen molar-refractivity contribution >= 4 is 31.9 Å². The lowest BCUT2D eigenvalue weighted by molar-refractivity contribution is 0.116. The zero-order chi connectivity index (χ0) is 11.9. The highest BCUT2D eigenvalue weighted by molar-refractivity contribution is 9.11. The van der Waals surface area contributed by atoms with Crippen LogP contribution in [0.3, 0.4) is 0 Å². The highest BCUT2D eigenvalue weighted by Crippen LogP contribution is 2.43. The molecule has 0 amide bonds. The van der Waals surface area contributed by atoms with E-state index in [0.29, 0.717) is 0 Å². The lowest BCUT2D eigenvalue weighted by Gasteiger charge is -2.24. The zero-order valence-corrected chi connectivity index (χ0v) is 12.7. The van der Waals surface area contributed by atoms with Crippen LogP contribution in [-0.4, -0.2) is 5.11 Å². The summed E-state index contributed by atoms with van der Waals surface area (Å²) in [6.45, 7) is 4.45. The van der Waals surface area contributed by atoms with Gasteiger partial charge in [0.05, 0.1) is 6.10 Å². The van der Waals surface area contributed by atoms with E-state index < -0.39 is 0 Å². The molecule has 1 nitrogen and oxygen atoms in total. The molecule has 0 aromatic heterocycles. The van der Waals surface area contributed by atoms with Gasteiger partial charge in [0.1, 0.15) is 0 Å². The van der Waals surface area contributed by atoms with Crippen LogP contribution in [0, 0.1) is 5.41 Å². The molecule has 1 N–H and O–H groups in total. The van der Waals surface area contributed by atoms with Gasteiger partial charge < -0.3 is 5.11 Å². The number of aliphatic hydroxyl groups is 1. The second-order valence-electron chi connectivity index (χ2n) is 5.31. The number of halogens is 2. The van der Waals surface area contributed by atoms with Gasteiger partial charge in [-0.1, -0.05) is 45.7 Å². The smallest absolute Gasteiger partial charge is 0.0809 e. The van der Waals surface area contributed by atoms with Crippen molar-refractivity contribution in [2.45, 2.75) is 39.2 Å². The first-order chi connectivity index (χ1) is 7.41. The van der Waals surface area contributed by atoms with Crippen molar-refractivity contribution in [3.8, 4) is 0 Å². The molecule has 88 valence electrons. The summed E-state index contributed by atoms with van der Waals surface area (Å²) in [6, 6.07) is 4.05. The van der Waals surface area contributed by atoms with Crippen LogP contribution < -0.4 is 0 Å². The Bertz CT molecular complexity index is 413. The normalized spacial score (nSPS) is 23.7. The SMILES string of the molecule is CC1(C)CCc2c(Br)ccc(Br)c2C(O)C1. The average Bonchev–Trinajstić information content (AvgIpc) is 2.29. The largest absolute Gasteiger partial charge is 0.388 e. The Labute approximate surface area is 114 Å². The van der Waals surface area contributed by atoms with Gasteiger partial charge in [0.25, 0.3) is 0 Å². The first kappa shape index (κ1) is 12.6. The van der Waals surface area contributed by atoms with Gasteiger partial charge in [-0.05, 0) is 47.9 Å². The Hall–Kier alpha value is 0.140. The van der Waals surface area contributed by atoms with Crippen LogP contribution in [0.15, 0.2) is 21.1 Å². The molecule has 1 aliphatic carbocycles. The molecule has 3 heteroatoms. The van der Waals surface area contributed by atoms with E-state index in [2.05, 4.69) is 45.7 Å². The van der Waals surface area contributed by atoms with Crippen LogP contribution in [0.1, 0.15) is 43.9 Å². The summed E-state index contributed by atoms with van der Waals surface area (Å²) in [4.78, 5) is 0. The second kappa shape index (κ2) is 4.43. The Balaban J connectivity index is 2.52. The Morgan fingerprint density at radius 3 is 2.56 bits per heavy atom. The van der Waals surface area contributed by atoms with Gasteiger partial charge in [-0.25, -0.2) is 0 Å². The molecule has 1 aliphatic rings. The number of hydrogen-bond acceptors (Lipinski definition) is 1. The number of rotatable bonds is 0. The van der Waals surface area contributed by atoms with E-state index in [-0.39, 0.29) is 11.5 Å². The molecule has 0 fully saturated rings. The van der Waals surface area contributed by atoms with Crippen LogP contribution >= 0.6 is 31.9 Å². The van der Waals surface area contributed by atoms with E-state index >= 15 is 0 Å². The van der Waals surface area contributed by atoms with Crippen molar-refractivity contribution in [1.29, 1.82) is 0 Å². The fourth-order valence-electron chi connectivity index (χ4n) is 2.41. The molecule has 0 radical (unpaired) electrons. The van der Waals surface area contributed by atoms with E-state index in [4.69, 9.17) is 0 Å². The molecule has 0 aliphatic heterocycles. The summed E-state index contributed by atoms with van der Waals surface area (Å²) >= 11 is 7.13. The van der Waals surface area contributed by atoms with Crippen LogP contribution in [-0.2, 0) is 6.42 Å². The predicted octanol–water partition coefficient (Wildman–Crippen LogP) is 4.61. The Morgan fingerprint density at radius 2 is 1.88 bits per heavy atom. The summed E-state index contributed by atoms with van der Waals surface area (Å²) < 4.78 is 2.14. The van der Waals surface area contributed by atoms with Gasteiger partial charge in [-0.2, -0.15) is 0 Å². The quantitative estimate of drug-likeness (QED) is 0.679. The van der Waals surface area contributed by atoms with Gasteiger partial charge in [0.15, 0.2) is 0 Å². The van der Waals surface area contributed by atoms with Crippen molar-refractivity contribution in [1.82, 2.24) is 0 Å². The summed E-state index contributed by atoms with van der Waals surface area (Å²) in [5, 5.41) is 10.3. The van der Waals surface area contributed by atoms with Gasteiger partial charge in [-0.15, -0.1) is 0 Å². The minimum absolute atomic E-state index is 0.206. The van der Waals surface area contributed by atoms with Crippen LogP contribution in [0.5, 0.6) is 0 Å². The average molecular weight is 348 g/mol. The van der Waals surface area contributed by atoms with E-state index in [0.717, 1.165) is 33.8 Å². The molecule has 0 bridgehead atoms. The first-order valence-electron chi connectivity index (χ1n) is 5.55. The maximum Gasteiger partial charge on any atom is 0.0809 e. The lowest BCUT2D eigenvalue weighted by atomic mass is 9.84. The maximum absolute atomic E-state index is 10.3. The van der Waals surface area contributed by atoms with E-state index in [1.165, 1.54) is 5.56 Å². The highest BCUT2D eigenvalue weighted by Gasteiger charge is 2.30. The van der Waals surface area contributed by atoms with Gasteiger partial charge in [-0.3, -0.25) is 0 Å². The minimum Gasteiger partial charge on any atom is -0.388 e. The molecule has 0 spiro atoms. The molecule has 1 aromatic rings. The number of hydrogen-bond donors (Lipinski definition) is 1. The third-order valence-electron chi connectivity index (χ3n) is 3.38. The summed E-state index contributed by atoms with van der Waals surface area (Å²) in [5.74, 6) is 0. The van der Waals surface area contributed by atoms with Crippen LogP contribution in [0.25, 0.3) is 0 Å². The summed E-state index contributed by atoms with van der Waals surface area (Å²) in [6.07, 6.45) is 2.61. The third-order valence-corrected chi connectivity index (χ3v) is 4.81. The van der Waals surface area contributed by atoms with Crippen LogP contribution in [0.2, 0.25) is 0 Å². The molecule has 0 heterocycles. The maximum atomic E-state index is 10.3. The topological polar surface area (TPSA) is 20.2 Å². The fraction of sp³-hybridized carbons (Fsp3) is 0.538. The van der Waals surface area contributed by atoms with Crippen molar-refractivity contribution in [3.63, 3.8) is 0 Å². The molecule has 16 heavy (non-hydrogen) atoms. The van der Waals surface area contributed by atoms with E-state index in [1.54, 1.807) is 0 Å². The molecular weight excluding hydrogens is 332 g/mol. The van der Waals surface area contributed by atoms with Gasteiger partial charge in [0.2, 0.25) is 0 Å².